The van der Waals surface area contributed by atoms with Gasteiger partial charge in [-0.1, -0.05) is 11.6 Å². The maximum atomic E-state index is 12.1. The molecule has 0 saturated carbocycles. The third-order valence-corrected chi connectivity index (χ3v) is 4.22. The fourth-order valence-corrected chi connectivity index (χ4v) is 2.71. The number of hydrogen-bond donors (Lipinski definition) is 1. The SMILES string of the molecule is O=C(CCC(=O)c1ccc(Cl)cc1)Nc1ccc(N2CCOC2=O)cc1. The molecule has 1 fully saturated rings. The molecule has 134 valence electrons. The molecule has 0 radical (unpaired) electrons. The van der Waals surface area contributed by atoms with Crippen LogP contribution in [0.25, 0.3) is 0 Å². The number of amides is 2. The first kappa shape index (κ1) is 17.9. The van der Waals surface area contributed by atoms with E-state index in [0.717, 1.165) is 0 Å². The normalized spacial score (nSPS) is 13.4. The zero-order valence-electron chi connectivity index (χ0n) is 13.9. The van der Waals surface area contributed by atoms with E-state index in [4.69, 9.17) is 16.3 Å². The Morgan fingerprint density at radius 3 is 2.35 bits per heavy atom. The molecule has 7 heteroatoms. The van der Waals surface area contributed by atoms with E-state index in [1.807, 2.05) is 0 Å². The molecule has 1 aliphatic heterocycles. The van der Waals surface area contributed by atoms with Crippen LogP contribution in [0.2, 0.25) is 5.02 Å². The largest absolute Gasteiger partial charge is 0.447 e. The number of hydrogen-bond acceptors (Lipinski definition) is 4. The van der Waals surface area contributed by atoms with Gasteiger partial charge in [-0.2, -0.15) is 0 Å². The summed E-state index contributed by atoms with van der Waals surface area (Å²) in [4.78, 5) is 37.1. The number of halogens is 1. The van der Waals surface area contributed by atoms with Gasteiger partial charge in [-0.15, -0.1) is 0 Å². The number of benzene rings is 2. The molecule has 1 heterocycles. The van der Waals surface area contributed by atoms with Gasteiger partial charge in [0.25, 0.3) is 0 Å². The number of rotatable bonds is 6. The molecule has 6 nitrogen and oxygen atoms in total. The summed E-state index contributed by atoms with van der Waals surface area (Å²) in [6.45, 7) is 0.885. The number of anilines is 2. The second-order valence-electron chi connectivity index (χ2n) is 5.79. The topological polar surface area (TPSA) is 75.7 Å². The molecule has 0 atom stereocenters. The van der Waals surface area contributed by atoms with Crippen molar-refractivity contribution in [1.82, 2.24) is 0 Å². The van der Waals surface area contributed by atoms with Crippen LogP contribution in [0.5, 0.6) is 0 Å². The van der Waals surface area contributed by atoms with Gasteiger partial charge >= 0.3 is 6.09 Å². The second-order valence-corrected chi connectivity index (χ2v) is 6.23. The van der Waals surface area contributed by atoms with Gasteiger partial charge < -0.3 is 10.1 Å². The van der Waals surface area contributed by atoms with Gasteiger partial charge in [-0.3, -0.25) is 14.5 Å². The predicted octanol–water partition coefficient (Wildman–Crippen LogP) is 3.90. The molecule has 26 heavy (non-hydrogen) atoms. The summed E-state index contributed by atoms with van der Waals surface area (Å²) in [5, 5.41) is 3.30. The van der Waals surface area contributed by atoms with Crippen molar-refractivity contribution in [3.63, 3.8) is 0 Å². The van der Waals surface area contributed by atoms with Gasteiger partial charge in [-0.25, -0.2) is 4.79 Å². The van der Waals surface area contributed by atoms with Crippen molar-refractivity contribution in [2.75, 3.05) is 23.4 Å². The van der Waals surface area contributed by atoms with Crippen LogP contribution in [0.3, 0.4) is 0 Å². The van der Waals surface area contributed by atoms with Crippen molar-refractivity contribution < 1.29 is 19.1 Å². The monoisotopic (exact) mass is 372 g/mol. The summed E-state index contributed by atoms with van der Waals surface area (Å²) in [6.07, 6.45) is -0.171. The van der Waals surface area contributed by atoms with E-state index < -0.39 is 0 Å². The van der Waals surface area contributed by atoms with Gasteiger partial charge in [0, 0.05) is 34.8 Å². The minimum Gasteiger partial charge on any atom is -0.447 e. The highest BCUT2D eigenvalue weighted by Gasteiger charge is 2.23. The number of carbonyl (C=O) groups excluding carboxylic acids is 3. The lowest BCUT2D eigenvalue weighted by Gasteiger charge is -2.13. The summed E-state index contributed by atoms with van der Waals surface area (Å²) in [5.41, 5.74) is 1.85. The first-order valence-corrected chi connectivity index (χ1v) is 8.54. The maximum Gasteiger partial charge on any atom is 0.414 e. The van der Waals surface area contributed by atoms with Crippen molar-refractivity contribution in [2.45, 2.75) is 12.8 Å². The lowest BCUT2D eigenvalue weighted by molar-refractivity contribution is -0.116. The van der Waals surface area contributed by atoms with Crippen molar-refractivity contribution in [3.8, 4) is 0 Å². The molecule has 0 aromatic heterocycles. The third-order valence-electron chi connectivity index (χ3n) is 3.97. The fraction of sp³-hybridized carbons (Fsp3) is 0.211. The van der Waals surface area contributed by atoms with Crippen molar-refractivity contribution in [2.24, 2.45) is 0 Å². The molecule has 1 saturated heterocycles. The number of ether oxygens (including phenoxy) is 1. The van der Waals surface area contributed by atoms with E-state index in [1.165, 1.54) is 4.90 Å². The molecule has 0 aliphatic carbocycles. The molecule has 0 bridgehead atoms. The Hall–Kier alpha value is -2.86. The second kappa shape index (κ2) is 8.01. The zero-order valence-corrected chi connectivity index (χ0v) is 14.7. The number of ketones is 1. The number of nitrogens with one attached hydrogen (secondary N) is 1. The lowest BCUT2D eigenvalue weighted by atomic mass is 10.1. The summed E-state index contributed by atoms with van der Waals surface area (Å²) in [7, 11) is 0. The van der Waals surface area contributed by atoms with E-state index >= 15 is 0 Å². The van der Waals surface area contributed by atoms with Crippen LogP contribution in [-0.4, -0.2) is 30.9 Å². The smallest absolute Gasteiger partial charge is 0.414 e. The molecule has 1 aliphatic rings. The van der Waals surface area contributed by atoms with Crippen LogP contribution < -0.4 is 10.2 Å². The van der Waals surface area contributed by atoms with Gasteiger partial charge in [-0.05, 0) is 48.5 Å². The minimum atomic E-state index is -0.373. The molecule has 3 rings (SSSR count). The zero-order chi connectivity index (χ0) is 18.5. The van der Waals surface area contributed by atoms with Crippen LogP contribution in [0.1, 0.15) is 23.2 Å². The molecule has 2 aromatic rings. The van der Waals surface area contributed by atoms with Crippen LogP contribution in [0.15, 0.2) is 48.5 Å². The predicted molar refractivity (Wildman–Crippen MR) is 98.8 cm³/mol. The average molecular weight is 373 g/mol. The standard InChI is InChI=1S/C19H17ClN2O4/c20-14-3-1-13(2-4-14)17(23)9-10-18(24)21-15-5-7-16(8-6-15)22-11-12-26-19(22)25/h1-8H,9-12H2,(H,21,24). The molecule has 0 spiro atoms. The lowest BCUT2D eigenvalue weighted by Crippen LogP contribution is -2.23. The van der Waals surface area contributed by atoms with E-state index in [2.05, 4.69) is 5.32 Å². The number of nitrogens with zero attached hydrogens (tertiary/aromatic N) is 1. The highest BCUT2D eigenvalue weighted by molar-refractivity contribution is 6.30. The molecule has 0 unspecified atom stereocenters. The summed E-state index contributed by atoms with van der Waals surface area (Å²) < 4.78 is 4.89. The Morgan fingerprint density at radius 2 is 1.73 bits per heavy atom. The van der Waals surface area contributed by atoms with Crippen LogP contribution in [0.4, 0.5) is 16.2 Å². The van der Waals surface area contributed by atoms with Crippen LogP contribution in [0, 0.1) is 0 Å². The quantitative estimate of drug-likeness (QED) is 0.780. The van der Waals surface area contributed by atoms with Crippen LogP contribution in [-0.2, 0) is 9.53 Å². The Balaban J connectivity index is 1.50. The Morgan fingerprint density at radius 1 is 1.04 bits per heavy atom. The number of carbonyl (C=O) groups is 3. The van der Waals surface area contributed by atoms with E-state index in [1.54, 1.807) is 48.5 Å². The minimum absolute atomic E-state index is 0.0850. The van der Waals surface area contributed by atoms with E-state index in [-0.39, 0.29) is 30.6 Å². The first-order valence-electron chi connectivity index (χ1n) is 8.16. The summed E-state index contributed by atoms with van der Waals surface area (Å²) in [6, 6.07) is 13.5. The Kier molecular flexibility index (Phi) is 5.53. The molecular formula is C19H17ClN2O4. The summed E-state index contributed by atoms with van der Waals surface area (Å²) in [5.74, 6) is -0.361. The molecule has 2 aromatic carbocycles. The van der Waals surface area contributed by atoms with Crippen molar-refractivity contribution in [1.29, 1.82) is 0 Å². The third kappa shape index (κ3) is 4.40. The molecule has 1 N–H and O–H groups in total. The van der Waals surface area contributed by atoms with Crippen molar-refractivity contribution in [3.05, 3.63) is 59.1 Å². The molecular weight excluding hydrogens is 356 g/mol. The summed E-state index contributed by atoms with van der Waals surface area (Å²) >= 11 is 5.79. The van der Waals surface area contributed by atoms with Crippen LogP contribution >= 0.6 is 11.6 Å². The van der Waals surface area contributed by atoms with Gasteiger partial charge in [0.2, 0.25) is 5.91 Å². The van der Waals surface area contributed by atoms with Gasteiger partial charge in [0.15, 0.2) is 5.78 Å². The number of Topliss-reactive ketones (excluding diaryl/α,β-unsaturated/α-hetero) is 1. The highest BCUT2D eigenvalue weighted by Crippen LogP contribution is 2.21. The van der Waals surface area contributed by atoms with E-state index in [0.29, 0.717) is 35.1 Å². The first-order chi connectivity index (χ1) is 12.5. The highest BCUT2D eigenvalue weighted by atomic mass is 35.5. The van der Waals surface area contributed by atoms with E-state index in [9.17, 15) is 14.4 Å². The fourth-order valence-electron chi connectivity index (χ4n) is 2.58. The molecule has 2 amide bonds. The van der Waals surface area contributed by atoms with Gasteiger partial charge in [0.05, 0.1) is 6.54 Å². The maximum absolute atomic E-state index is 12.1. The van der Waals surface area contributed by atoms with Gasteiger partial charge in [0.1, 0.15) is 6.61 Å². The average Bonchev–Trinajstić information content (AvgIpc) is 3.07. The Labute approximate surface area is 155 Å². The number of cyclic esters (lactones) is 1. The van der Waals surface area contributed by atoms with Crippen molar-refractivity contribution >= 4 is 40.8 Å². The Bertz CT molecular complexity index is 818.